The van der Waals surface area contributed by atoms with E-state index in [2.05, 4.69) is 31.1 Å². The number of aliphatic carboxylic acids is 1. The number of unbranched alkanes of at least 4 members (excludes halogenated alkanes) is 1. The van der Waals surface area contributed by atoms with Crippen LogP contribution in [-0.2, 0) is 9.53 Å². The molecule has 0 rings (SSSR count). The number of rotatable bonds is 5. The zero-order valence-corrected chi connectivity index (χ0v) is 11.0. The lowest BCUT2D eigenvalue weighted by atomic mass is 10.3. The third kappa shape index (κ3) is 8.22. The molecule has 1 N–H and O–H groups in total. The average molecular weight is 228 g/mol. The van der Waals surface area contributed by atoms with Gasteiger partial charge in [-0.05, 0) is 6.42 Å². The van der Waals surface area contributed by atoms with Gasteiger partial charge in [0.05, 0.1) is 0 Å². The molecule has 0 saturated heterocycles. The summed E-state index contributed by atoms with van der Waals surface area (Å²) in [6.07, 6.45) is 0.912. The van der Waals surface area contributed by atoms with E-state index in [1.165, 1.54) is 0 Å². The number of carbonyl (C=O) groups is 1. The predicted molar refractivity (Wildman–Crippen MR) is 63.4 cm³/mol. The fourth-order valence-electron chi connectivity index (χ4n) is 0.802. The maximum Gasteiger partial charge on any atom is 0.345 e. The average Bonchev–Trinajstić information content (AvgIpc) is 2.08. The third-order valence-electron chi connectivity index (χ3n) is 1.58. The highest BCUT2D eigenvalue weighted by molar-refractivity contribution is 6.83. The molecule has 4 heteroatoms. The smallest absolute Gasteiger partial charge is 0.345 e. The van der Waals surface area contributed by atoms with Crippen molar-refractivity contribution in [2.24, 2.45) is 0 Å². The Morgan fingerprint density at radius 3 is 2.47 bits per heavy atom. The van der Waals surface area contributed by atoms with Gasteiger partial charge in [0.1, 0.15) is 8.07 Å². The van der Waals surface area contributed by atoms with Gasteiger partial charge in [-0.15, -0.1) is 5.54 Å². The molecule has 0 aromatic rings. The van der Waals surface area contributed by atoms with Crippen molar-refractivity contribution >= 4 is 14.0 Å². The highest BCUT2D eigenvalue weighted by atomic mass is 28.3. The van der Waals surface area contributed by atoms with Crippen molar-refractivity contribution in [2.75, 3.05) is 6.61 Å². The highest BCUT2D eigenvalue weighted by Gasteiger charge is 2.16. The van der Waals surface area contributed by atoms with Crippen molar-refractivity contribution in [3.63, 3.8) is 0 Å². The van der Waals surface area contributed by atoms with Crippen LogP contribution in [0.2, 0.25) is 19.6 Å². The van der Waals surface area contributed by atoms with E-state index in [1.54, 1.807) is 0 Å². The summed E-state index contributed by atoms with van der Waals surface area (Å²) in [5.74, 6) is 1.72. The van der Waals surface area contributed by atoms with Crippen LogP contribution < -0.4 is 0 Å². The normalized spacial score (nSPS) is 12.8. The molecule has 0 heterocycles. The van der Waals surface area contributed by atoms with E-state index < -0.39 is 20.1 Å². The number of ether oxygens (including phenoxy) is 1. The zero-order chi connectivity index (χ0) is 11.9. The van der Waals surface area contributed by atoms with E-state index in [4.69, 9.17) is 9.84 Å². The molecular weight excluding hydrogens is 208 g/mol. The summed E-state index contributed by atoms with van der Waals surface area (Å²) in [5, 5.41) is 8.86. The summed E-state index contributed by atoms with van der Waals surface area (Å²) in [7, 11) is -1.52. The van der Waals surface area contributed by atoms with Gasteiger partial charge in [-0.25, -0.2) is 4.79 Å². The standard InChI is InChI=1S/C11H20O3Si/c1-5-6-8-14-10(11(12)13)7-9-15(2,3)4/h10H,5-6,8H2,1-4H3,(H,12,13). The summed E-state index contributed by atoms with van der Waals surface area (Å²) in [4.78, 5) is 10.8. The molecule has 0 aliphatic rings. The van der Waals surface area contributed by atoms with Crippen LogP contribution in [-0.4, -0.2) is 31.9 Å². The van der Waals surface area contributed by atoms with Gasteiger partial charge >= 0.3 is 5.97 Å². The third-order valence-corrected chi connectivity index (χ3v) is 2.48. The van der Waals surface area contributed by atoms with Crippen LogP contribution in [0.25, 0.3) is 0 Å². The fourth-order valence-corrected chi connectivity index (χ4v) is 1.37. The Hall–Kier alpha value is -0.793. The Balaban J connectivity index is 4.27. The van der Waals surface area contributed by atoms with Crippen LogP contribution in [0.15, 0.2) is 0 Å². The first kappa shape index (κ1) is 14.2. The van der Waals surface area contributed by atoms with E-state index in [-0.39, 0.29) is 0 Å². The number of hydrogen-bond donors (Lipinski definition) is 1. The van der Waals surface area contributed by atoms with Crippen molar-refractivity contribution in [1.29, 1.82) is 0 Å². The van der Waals surface area contributed by atoms with Gasteiger partial charge in [0, 0.05) is 6.61 Å². The van der Waals surface area contributed by atoms with Crippen LogP contribution in [0.3, 0.4) is 0 Å². The van der Waals surface area contributed by atoms with Crippen LogP contribution in [0.5, 0.6) is 0 Å². The maximum atomic E-state index is 10.8. The monoisotopic (exact) mass is 228 g/mol. The Bertz CT molecular complexity index is 257. The van der Waals surface area contributed by atoms with Crippen molar-refractivity contribution < 1.29 is 14.6 Å². The van der Waals surface area contributed by atoms with Gasteiger partial charge in [0.15, 0.2) is 0 Å². The molecule has 0 fully saturated rings. The molecular formula is C11H20O3Si. The first-order chi connectivity index (χ1) is 6.87. The quantitative estimate of drug-likeness (QED) is 0.445. The molecule has 1 unspecified atom stereocenters. The lowest BCUT2D eigenvalue weighted by Crippen LogP contribution is -2.25. The van der Waals surface area contributed by atoms with Gasteiger partial charge < -0.3 is 9.84 Å². The second-order valence-electron chi connectivity index (χ2n) is 4.46. The second-order valence-corrected chi connectivity index (χ2v) is 9.21. The molecule has 86 valence electrons. The van der Waals surface area contributed by atoms with Crippen molar-refractivity contribution in [3.05, 3.63) is 0 Å². The summed E-state index contributed by atoms with van der Waals surface area (Å²) in [6.45, 7) is 8.72. The summed E-state index contributed by atoms with van der Waals surface area (Å²) >= 11 is 0. The molecule has 0 bridgehead atoms. The summed E-state index contributed by atoms with van der Waals surface area (Å²) in [6, 6.07) is 0. The number of carboxylic acid groups (broad SMARTS) is 1. The van der Waals surface area contributed by atoms with Gasteiger partial charge in [-0.3, -0.25) is 0 Å². The molecule has 0 aromatic heterocycles. The molecule has 0 aromatic carbocycles. The minimum atomic E-state index is -1.52. The number of hydrogen-bond acceptors (Lipinski definition) is 2. The Morgan fingerprint density at radius 1 is 1.47 bits per heavy atom. The SMILES string of the molecule is CCCCOC(C#C[Si](C)(C)C)C(=O)O. The highest BCUT2D eigenvalue weighted by Crippen LogP contribution is 1.99. The van der Waals surface area contributed by atoms with Gasteiger partial charge in [-0.2, -0.15) is 0 Å². The maximum absolute atomic E-state index is 10.8. The molecule has 0 spiro atoms. The molecule has 1 atom stereocenters. The molecule has 0 saturated carbocycles. The van der Waals surface area contributed by atoms with Gasteiger partial charge in [0.25, 0.3) is 0 Å². The van der Waals surface area contributed by atoms with Crippen LogP contribution >= 0.6 is 0 Å². The Morgan fingerprint density at radius 2 is 2.07 bits per heavy atom. The molecule has 0 amide bonds. The van der Waals surface area contributed by atoms with E-state index in [0.717, 1.165) is 12.8 Å². The fraction of sp³-hybridized carbons (Fsp3) is 0.727. The number of carboxylic acids is 1. The van der Waals surface area contributed by atoms with E-state index >= 15 is 0 Å². The van der Waals surface area contributed by atoms with Gasteiger partial charge in [0.2, 0.25) is 6.10 Å². The lowest BCUT2D eigenvalue weighted by molar-refractivity contribution is -0.146. The summed E-state index contributed by atoms with van der Waals surface area (Å²) < 4.78 is 5.19. The predicted octanol–water partition coefficient (Wildman–Crippen LogP) is 2.14. The van der Waals surface area contributed by atoms with Crippen molar-refractivity contribution in [2.45, 2.75) is 45.5 Å². The first-order valence-corrected chi connectivity index (χ1v) is 8.74. The molecule has 0 aliphatic heterocycles. The minimum absolute atomic E-state index is 0.466. The topological polar surface area (TPSA) is 46.5 Å². The van der Waals surface area contributed by atoms with E-state index in [1.807, 2.05) is 6.92 Å². The van der Waals surface area contributed by atoms with Gasteiger partial charge in [-0.1, -0.05) is 38.9 Å². The van der Waals surface area contributed by atoms with E-state index in [9.17, 15) is 4.79 Å². The Labute approximate surface area is 92.8 Å². The molecule has 15 heavy (non-hydrogen) atoms. The van der Waals surface area contributed by atoms with Crippen molar-refractivity contribution in [1.82, 2.24) is 0 Å². The van der Waals surface area contributed by atoms with Crippen LogP contribution in [0.4, 0.5) is 0 Å². The van der Waals surface area contributed by atoms with Crippen molar-refractivity contribution in [3.8, 4) is 11.5 Å². The summed E-state index contributed by atoms with van der Waals surface area (Å²) in [5.41, 5.74) is 3.01. The molecule has 0 radical (unpaired) electrons. The zero-order valence-electron chi connectivity index (χ0n) is 9.96. The lowest BCUT2D eigenvalue weighted by Gasteiger charge is -2.09. The first-order valence-electron chi connectivity index (χ1n) is 5.24. The van der Waals surface area contributed by atoms with Crippen LogP contribution in [0, 0.1) is 11.5 Å². The minimum Gasteiger partial charge on any atom is -0.479 e. The Kier molecular flexibility index (Phi) is 6.30. The van der Waals surface area contributed by atoms with Crippen LogP contribution in [0.1, 0.15) is 19.8 Å². The van der Waals surface area contributed by atoms with E-state index in [0.29, 0.717) is 6.61 Å². The second kappa shape index (κ2) is 6.65. The molecule has 3 nitrogen and oxygen atoms in total. The largest absolute Gasteiger partial charge is 0.479 e. The molecule has 0 aliphatic carbocycles.